The average molecular weight is 406 g/mol. The number of benzene rings is 2. The number of nitrogens with zero attached hydrogens (tertiary/aromatic N) is 4. The molecule has 0 radical (unpaired) electrons. The summed E-state index contributed by atoms with van der Waals surface area (Å²) in [4.78, 5) is 30.1. The van der Waals surface area contributed by atoms with Gasteiger partial charge in [0.25, 0.3) is 5.69 Å². The van der Waals surface area contributed by atoms with Crippen molar-refractivity contribution in [3.8, 4) is 0 Å². The fourth-order valence-electron chi connectivity index (χ4n) is 3.80. The van der Waals surface area contributed by atoms with Crippen LogP contribution in [0.1, 0.15) is 33.4 Å². The Morgan fingerprint density at radius 1 is 1.27 bits per heavy atom. The first-order chi connectivity index (χ1) is 14.5. The number of nitro groups is 1. The van der Waals surface area contributed by atoms with Crippen molar-refractivity contribution in [2.75, 3.05) is 24.6 Å². The zero-order chi connectivity index (χ0) is 21.3. The third kappa shape index (κ3) is 3.69. The number of carbonyl (C=O) groups excluding carboxylic acids is 1. The van der Waals surface area contributed by atoms with Crippen LogP contribution in [0.15, 0.2) is 54.9 Å². The van der Waals surface area contributed by atoms with Gasteiger partial charge >= 0.3 is 0 Å². The molecule has 0 spiro atoms. The molecular formula is C22H22N4O4. The molecule has 4 rings (SSSR count). The van der Waals surface area contributed by atoms with E-state index in [0.29, 0.717) is 25.4 Å². The van der Waals surface area contributed by atoms with Crippen molar-refractivity contribution >= 4 is 17.2 Å². The van der Waals surface area contributed by atoms with Crippen LogP contribution in [-0.2, 0) is 11.8 Å². The van der Waals surface area contributed by atoms with Crippen LogP contribution in [0.5, 0.6) is 0 Å². The van der Waals surface area contributed by atoms with E-state index in [4.69, 9.17) is 4.74 Å². The first-order valence-corrected chi connectivity index (χ1v) is 9.68. The second-order valence-corrected chi connectivity index (χ2v) is 7.31. The van der Waals surface area contributed by atoms with Gasteiger partial charge in [-0.1, -0.05) is 24.3 Å². The van der Waals surface area contributed by atoms with Gasteiger partial charge in [-0.2, -0.15) is 0 Å². The minimum absolute atomic E-state index is 0.0968. The van der Waals surface area contributed by atoms with Gasteiger partial charge in [-0.25, -0.2) is 4.98 Å². The van der Waals surface area contributed by atoms with Gasteiger partial charge in [0, 0.05) is 44.2 Å². The number of imidazole rings is 1. The molecule has 1 aliphatic rings. The molecule has 3 aromatic rings. The first-order valence-electron chi connectivity index (χ1n) is 9.68. The van der Waals surface area contributed by atoms with Crippen molar-refractivity contribution in [1.29, 1.82) is 0 Å². The predicted octanol–water partition coefficient (Wildman–Crippen LogP) is 3.45. The molecule has 0 N–H and O–H groups in total. The molecule has 1 unspecified atom stereocenters. The summed E-state index contributed by atoms with van der Waals surface area (Å²) in [6.45, 7) is 3.52. The van der Waals surface area contributed by atoms with Crippen molar-refractivity contribution in [3.05, 3.63) is 87.5 Å². The molecular weight excluding hydrogens is 384 g/mol. The Balaban J connectivity index is 1.65. The highest BCUT2D eigenvalue weighted by Crippen LogP contribution is 2.34. The number of hydrogen-bond acceptors (Lipinski definition) is 6. The number of rotatable bonds is 5. The van der Waals surface area contributed by atoms with Crippen LogP contribution >= 0.6 is 0 Å². The summed E-state index contributed by atoms with van der Waals surface area (Å²) in [5.74, 6) is -0.111. The number of aryl methyl sites for hydroxylation is 2. The summed E-state index contributed by atoms with van der Waals surface area (Å²) in [6.07, 6.45) is 3.01. The molecule has 1 aromatic heterocycles. The van der Waals surface area contributed by atoms with E-state index in [2.05, 4.69) is 4.98 Å². The van der Waals surface area contributed by atoms with Crippen LogP contribution in [-0.4, -0.2) is 40.0 Å². The molecule has 1 fully saturated rings. The van der Waals surface area contributed by atoms with E-state index < -0.39 is 4.92 Å². The monoisotopic (exact) mass is 406 g/mol. The summed E-state index contributed by atoms with van der Waals surface area (Å²) >= 11 is 0. The molecule has 30 heavy (non-hydrogen) atoms. The minimum Gasteiger partial charge on any atom is -0.370 e. The third-order valence-corrected chi connectivity index (χ3v) is 5.40. The highest BCUT2D eigenvalue weighted by molar-refractivity contribution is 6.07. The molecule has 8 heteroatoms. The summed E-state index contributed by atoms with van der Waals surface area (Å²) in [5.41, 5.74) is 2.82. The van der Waals surface area contributed by atoms with E-state index in [0.717, 1.165) is 11.1 Å². The number of carbonyl (C=O) groups is 1. The highest BCUT2D eigenvalue weighted by atomic mass is 16.6. The number of ketones is 1. The van der Waals surface area contributed by atoms with Gasteiger partial charge in [0.2, 0.25) is 5.78 Å². The van der Waals surface area contributed by atoms with Crippen molar-refractivity contribution in [1.82, 2.24) is 9.55 Å². The number of anilines is 1. The summed E-state index contributed by atoms with van der Waals surface area (Å²) in [6, 6.07) is 12.6. The van der Waals surface area contributed by atoms with Gasteiger partial charge in [0.15, 0.2) is 5.82 Å². The molecule has 0 aliphatic carbocycles. The molecule has 0 bridgehead atoms. The van der Waals surface area contributed by atoms with Crippen molar-refractivity contribution in [2.45, 2.75) is 13.0 Å². The van der Waals surface area contributed by atoms with Gasteiger partial charge in [0.05, 0.1) is 11.5 Å². The Morgan fingerprint density at radius 2 is 2.07 bits per heavy atom. The zero-order valence-electron chi connectivity index (χ0n) is 16.8. The van der Waals surface area contributed by atoms with E-state index >= 15 is 0 Å². The van der Waals surface area contributed by atoms with E-state index in [1.54, 1.807) is 29.9 Å². The van der Waals surface area contributed by atoms with Gasteiger partial charge < -0.3 is 14.2 Å². The fraction of sp³-hybridized carbons (Fsp3) is 0.273. The maximum Gasteiger partial charge on any atom is 0.293 e. The molecule has 2 aromatic carbocycles. The van der Waals surface area contributed by atoms with Crippen LogP contribution in [0.3, 0.4) is 0 Å². The standard InChI is InChI=1S/C22H22N4O4/c1-15-5-3-4-6-17(15)20-14-25(11-12-30-20)18-8-7-16(13-19(18)26(28)29)21(27)22-23-9-10-24(22)2/h3-10,13,20H,11-12,14H2,1-2H3. The van der Waals surface area contributed by atoms with Crippen LogP contribution in [0.2, 0.25) is 0 Å². The zero-order valence-corrected chi connectivity index (χ0v) is 16.8. The summed E-state index contributed by atoms with van der Waals surface area (Å²) in [5, 5.41) is 11.8. The number of hydrogen-bond donors (Lipinski definition) is 0. The van der Waals surface area contributed by atoms with Crippen LogP contribution in [0.4, 0.5) is 11.4 Å². The Morgan fingerprint density at radius 3 is 2.77 bits per heavy atom. The molecule has 0 amide bonds. The van der Waals surface area contributed by atoms with E-state index in [9.17, 15) is 14.9 Å². The average Bonchev–Trinajstić information content (AvgIpc) is 3.19. The van der Waals surface area contributed by atoms with Gasteiger partial charge in [0.1, 0.15) is 11.8 Å². The largest absolute Gasteiger partial charge is 0.370 e. The topological polar surface area (TPSA) is 90.5 Å². The summed E-state index contributed by atoms with van der Waals surface area (Å²) < 4.78 is 7.54. The van der Waals surface area contributed by atoms with Crippen LogP contribution in [0, 0.1) is 17.0 Å². The lowest BCUT2D eigenvalue weighted by Crippen LogP contribution is -2.39. The third-order valence-electron chi connectivity index (χ3n) is 5.40. The van der Waals surface area contributed by atoms with Crippen LogP contribution in [0.25, 0.3) is 0 Å². The van der Waals surface area contributed by atoms with Crippen LogP contribution < -0.4 is 4.90 Å². The molecule has 8 nitrogen and oxygen atoms in total. The maximum absolute atomic E-state index is 12.7. The Hall–Kier alpha value is -3.52. The quantitative estimate of drug-likeness (QED) is 0.366. The molecule has 1 aliphatic heterocycles. The lowest BCUT2D eigenvalue weighted by molar-refractivity contribution is -0.384. The number of morpholine rings is 1. The molecule has 0 saturated carbocycles. The molecule has 1 saturated heterocycles. The predicted molar refractivity (Wildman–Crippen MR) is 112 cm³/mol. The van der Waals surface area contributed by atoms with E-state index in [1.807, 2.05) is 36.1 Å². The Bertz CT molecular complexity index is 1110. The lowest BCUT2D eigenvalue weighted by Gasteiger charge is -2.35. The summed E-state index contributed by atoms with van der Waals surface area (Å²) in [7, 11) is 1.71. The van der Waals surface area contributed by atoms with E-state index in [1.165, 1.54) is 12.3 Å². The second kappa shape index (κ2) is 8.08. The Labute approximate surface area is 173 Å². The normalized spacial score (nSPS) is 16.5. The maximum atomic E-state index is 12.7. The number of aromatic nitrogens is 2. The number of ether oxygens (including phenoxy) is 1. The highest BCUT2D eigenvalue weighted by Gasteiger charge is 2.29. The van der Waals surface area contributed by atoms with Crippen molar-refractivity contribution < 1.29 is 14.5 Å². The lowest BCUT2D eigenvalue weighted by atomic mass is 10.0. The molecule has 154 valence electrons. The molecule has 1 atom stereocenters. The number of nitro benzene ring substituents is 1. The van der Waals surface area contributed by atoms with Gasteiger partial charge in [-0.15, -0.1) is 0 Å². The van der Waals surface area contributed by atoms with Crippen molar-refractivity contribution in [2.24, 2.45) is 7.05 Å². The first kappa shape index (κ1) is 19.8. The fourth-order valence-corrected chi connectivity index (χ4v) is 3.80. The minimum atomic E-state index is -0.442. The van der Waals surface area contributed by atoms with Gasteiger partial charge in [-0.05, 0) is 30.2 Å². The van der Waals surface area contributed by atoms with E-state index in [-0.39, 0.29) is 29.0 Å². The Kier molecular flexibility index (Phi) is 5.33. The van der Waals surface area contributed by atoms with Gasteiger partial charge in [-0.3, -0.25) is 14.9 Å². The smallest absolute Gasteiger partial charge is 0.293 e. The SMILES string of the molecule is Cc1ccccc1C1CN(c2ccc(C(=O)c3nccn3C)cc2[N+](=O)[O-])CCO1. The molecule has 2 heterocycles. The second-order valence-electron chi connectivity index (χ2n) is 7.31. The van der Waals surface area contributed by atoms with Crippen molar-refractivity contribution in [3.63, 3.8) is 0 Å².